The maximum Gasteiger partial charge on any atom is 0.319 e. The Morgan fingerprint density at radius 2 is 1.73 bits per heavy atom. The fourth-order valence-corrected chi connectivity index (χ4v) is 3.53. The second-order valence-corrected chi connectivity index (χ2v) is 7.61. The molecule has 7 heteroatoms. The van der Waals surface area contributed by atoms with Crippen LogP contribution in [0.3, 0.4) is 0 Å². The van der Waals surface area contributed by atoms with E-state index in [1.54, 1.807) is 24.3 Å². The van der Waals surface area contributed by atoms with Crippen molar-refractivity contribution in [2.45, 2.75) is 13.0 Å². The minimum Gasteiger partial charge on any atom is -0.352 e. The number of piperazine rings is 1. The topological polar surface area (TPSA) is 76.7 Å². The van der Waals surface area contributed by atoms with Crippen LogP contribution in [0.5, 0.6) is 0 Å². The van der Waals surface area contributed by atoms with Crippen LogP contribution in [-0.2, 0) is 0 Å². The summed E-state index contributed by atoms with van der Waals surface area (Å²) in [6.07, 6.45) is 0. The Morgan fingerprint density at radius 1 is 1.00 bits per heavy atom. The number of urea groups is 1. The van der Waals surface area contributed by atoms with Crippen LogP contribution in [0.4, 0.5) is 10.5 Å². The molecular weight excluding hydrogens is 378 g/mol. The normalized spacial score (nSPS) is 15.9. The van der Waals surface area contributed by atoms with E-state index in [-0.39, 0.29) is 18.0 Å². The standard InChI is InChI=1S/C23H31N5O2/c1-3-24-22(29)19-10-7-11-20(16-19)25-23(30)26-21(18-8-5-4-6-9-18)17-28-14-12-27(2)13-15-28/h4-11,16,21H,3,12-15,17H2,1-2H3,(H,24,29)(H2,25,26,30). The van der Waals surface area contributed by atoms with E-state index in [1.807, 2.05) is 37.3 Å². The van der Waals surface area contributed by atoms with Crippen LogP contribution in [0.1, 0.15) is 28.9 Å². The van der Waals surface area contributed by atoms with E-state index < -0.39 is 0 Å². The molecule has 1 heterocycles. The van der Waals surface area contributed by atoms with Gasteiger partial charge in [-0.15, -0.1) is 0 Å². The van der Waals surface area contributed by atoms with Gasteiger partial charge in [-0.3, -0.25) is 9.69 Å². The fourth-order valence-electron chi connectivity index (χ4n) is 3.53. The molecule has 1 aliphatic rings. The monoisotopic (exact) mass is 409 g/mol. The van der Waals surface area contributed by atoms with Crippen LogP contribution < -0.4 is 16.0 Å². The Kier molecular flexibility index (Phi) is 7.82. The zero-order valence-corrected chi connectivity index (χ0v) is 17.7. The van der Waals surface area contributed by atoms with Crippen molar-refractivity contribution in [1.82, 2.24) is 20.4 Å². The average Bonchev–Trinajstić information content (AvgIpc) is 2.76. The number of amides is 3. The second-order valence-electron chi connectivity index (χ2n) is 7.61. The van der Waals surface area contributed by atoms with Crippen molar-refractivity contribution in [2.24, 2.45) is 0 Å². The summed E-state index contributed by atoms with van der Waals surface area (Å²) in [5.41, 5.74) is 2.18. The van der Waals surface area contributed by atoms with Crippen LogP contribution in [0.25, 0.3) is 0 Å². The van der Waals surface area contributed by atoms with Crippen molar-refractivity contribution >= 4 is 17.6 Å². The molecular formula is C23H31N5O2. The number of hydrogen-bond acceptors (Lipinski definition) is 4. The zero-order chi connectivity index (χ0) is 21.3. The summed E-state index contributed by atoms with van der Waals surface area (Å²) in [7, 11) is 2.13. The predicted octanol–water partition coefficient (Wildman–Crippen LogP) is 2.55. The highest BCUT2D eigenvalue weighted by molar-refractivity contribution is 5.96. The Bertz CT molecular complexity index is 834. The lowest BCUT2D eigenvalue weighted by atomic mass is 10.1. The summed E-state index contributed by atoms with van der Waals surface area (Å²) in [5.74, 6) is -0.154. The van der Waals surface area contributed by atoms with Crippen LogP contribution in [0, 0.1) is 0 Å². The molecule has 0 bridgehead atoms. The van der Waals surface area contributed by atoms with Gasteiger partial charge in [0.25, 0.3) is 5.91 Å². The third-order valence-electron chi connectivity index (χ3n) is 5.26. The molecule has 2 aromatic rings. The summed E-state index contributed by atoms with van der Waals surface area (Å²) in [4.78, 5) is 29.5. The largest absolute Gasteiger partial charge is 0.352 e. The van der Waals surface area contributed by atoms with Crippen molar-refractivity contribution in [1.29, 1.82) is 0 Å². The number of carbonyl (C=O) groups excluding carboxylic acids is 2. The highest BCUT2D eigenvalue weighted by atomic mass is 16.2. The van der Waals surface area contributed by atoms with E-state index in [9.17, 15) is 9.59 Å². The van der Waals surface area contributed by atoms with Crippen molar-refractivity contribution in [3.05, 3.63) is 65.7 Å². The SMILES string of the molecule is CCNC(=O)c1cccc(NC(=O)NC(CN2CCN(C)CC2)c2ccccc2)c1. The fraction of sp³-hybridized carbons (Fsp3) is 0.391. The lowest BCUT2D eigenvalue weighted by molar-refractivity contribution is 0.0956. The molecule has 1 atom stereocenters. The first kappa shape index (κ1) is 21.8. The maximum absolute atomic E-state index is 12.7. The van der Waals surface area contributed by atoms with Crippen molar-refractivity contribution in [3.63, 3.8) is 0 Å². The minimum atomic E-state index is -0.286. The Hall–Kier alpha value is -2.90. The first-order valence-corrected chi connectivity index (χ1v) is 10.5. The molecule has 1 saturated heterocycles. The molecule has 0 saturated carbocycles. The second kappa shape index (κ2) is 10.8. The molecule has 160 valence electrons. The molecule has 0 aromatic heterocycles. The molecule has 0 radical (unpaired) electrons. The van der Waals surface area contributed by atoms with Crippen molar-refractivity contribution < 1.29 is 9.59 Å². The van der Waals surface area contributed by atoms with E-state index in [1.165, 1.54) is 0 Å². The summed E-state index contributed by atoms with van der Waals surface area (Å²) >= 11 is 0. The number of benzene rings is 2. The van der Waals surface area contributed by atoms with Gasteiger partial charge in [0.05, 0.1) is 6.04 Å². The average molecular weight is 410 g/mol. The maximum atomic E-state index is 12.7. The summed E-state index contributed by atoms with van der Waals surface area (Å²) < 4.78 is 0. The van der Waals surface area contributed by atoms with Gasteiger partial charge in [-0.25, -0.2) is 4.79 Å². The molecule has 0 aliphatic carbocycles. The predicted molar refractivity (Wildman–Crippen MR) is 120 cm³/mol. The van der Waals surface area contributed by atoms with Gasteiger partial charge in [0, 0.05) is 50.5 Å². The number of hydrogen-bond donors (Lipinski definition) is 3. The first-order valence-electron chi connectivity index (χ1n) is 10.5. The van der Waals surface area contributed by atoms with Gasteiger partial charge in [-0.05, 0) is 37.7 Å². The zero-order valence-electron chi connectivity index (χ0n) is 17.7. The van der Waals surface area contributed by atoms with E-state index in [0.29, 0.717) is 17.8 Å². The van der Waals surface area contributed by atoms with Gasteiger partial charge in [-0.2, -0.15) is 0 Å². The van der Waals surface area contributed by atoms with Crippen molar-refractivity contribution in [3.8, 4) is 0 Å². The molecule has 1 fully saturated rings. The molecule has 0 spiro atoms. The third-order valence-corrected chi connectivity index (χ3v) is 5.26. The van der Waals surface area contributed by atoms with Gasteiger partial charge in [0.2, 0.25) is 0 Å². The van der Waals surface area contributed by atoms with Gasteiger partial charge < -0.3 is 20.9 Å². The smallest absolute Gasteiger partial charge is 0.319 e. The van der Waals surface area contributed by atoms with Gasteiger partial charge in [-0.1, -0.05) is 36.4 Å². The molecule has 1 aliphatic heterocycles. The molecule has 3 amide bonds. The lowest BCUT2D eigenvalue weighted by Crippen LogP contribution is -2.48. The Labute approximate surface area is 178 Å². The molecule has 1 unspecified atom stereocenters. The number of anilines is 1. The van der Waals surface area contributed by atoms with Gasteiger partial charge in [0.15, 0.2) is 0 Å². The van der Waals surface area contributed by atoms with E-state index in [0.717, 1.165) is 38.3 Å². The molecule has 3 N–H and O–H groups in total. The number of carbonyl (C=O) groups is 2. The Morgan fingerprint density at radius 3 is 2.43 bits per heavy atom. The number of nitrogens with zero attached hydrogens (tertiary/aromatic N) is 2. The van der Waals surface area contributed by atoms with Crippen LogP contribution in [0.2, 0.25) is 0 Å². The summed E-state index contributed by atoms with van der Waals surface area (Å²) in [6.45, 7) is 7.21. The quantitative estimate of drug-likeness (QED) is 0.657. The van der Waals surface area contributed by atoms with E-state index >= 15 is 0 Å². The highest BCUT2D eigenvalue weighted by Crippen LogP contribution is 2.17. The number of nitrogens with one attached hydrogen (secondary N) is 3. The summed E-state index contributed by atoms with van der Waals surface area (Å²) in [6, 6.07) is 16.6. The van der Waals surface area contributed by atoms with Crippen molar-refractivity contribution in [2.75, 3.05) is 51.6 Å². The third kappa shape index (κ3) is 6.30. The molecule has 3 rings (SSSR count). The Balaban J connectivity index is 1.66. The molecule has 7 nitrogen and oxygen atoms in total. The number of likely N-dealkylation sites (N-methyl/N-ethyl adjacent to an activating group) is 1. The van der Waals surface area contributed by atoms with Gasteiger partial charge >= 0.3 is 6.03 Å². The molecule has 2 aromatic carbocycles. The van der Waals surface area contributed by atoms with Crippen LogP contribution in [-0.4, -0.2) is 68.1 Å². The van der Waals surface area contributed by atoms with Crippen LogP contribution in [0.15, 0.2) is 54.6 Å². The summed E-state index contributed by atoms with van der Waals surface area (Å²) in [5, 5.41) is 8.74. The van der Waals surface area contributed by atoms with E-state index in [4.69, 9.17) is 0 Å². The number of rotatable bonds is 7. The van der Waals surface area contributed by atoms with E-state index in [2.05, 4.69) is 32.8 Å². The lowest BCUT2D eigenvalue weighted by Gasteiger charge is -2.35. The first-order chi connectivity index (χ1) is 14.5. The van der Waals surface area contributed by atoms with Gasteiger partial charge in [0.1, 0.15) is 0 Å². The molecule has 30 heavy (non-hydrogen) atoms. The minimum absolute atomic E-state index is 0.124. The van der Waals surface area contributed by atoms with Crippen LogP contribution >= 0.6 is 0 Å². The highest BCUT2D eigenvalue weighted by Gasteiger charge is 2.21.